The number of hydrogen-bond donors (Lipinski definition) is 1. The molecule has 3 heterocycles. The lowest BCUT2D eigenvalue weighted by molar-refractivity contribution is -0.167. The molecule has 0 amide bonds. The van der Waals surface area contributed by atoms with Gasteiger partial charge in [0.1, 0.15) is 11.2 Å². The van der Waals surface area contributed by atoms with Crippen molar-refractivity contribution in [3.63, 3.8) is 0 Å². The van der Waals surface area contributed by atoms with Crippen LogP contribution in [0, 0.1) is 11.3 Å². The van der Waals surface area contributed by atoms with Crippen LogP contribution in [-0.4, -0.2) is 46.2 Å². The van der Waals surface area contributed by atoms with Crippen molar-refractivity contribution in [2.24, 2.45) is 11.3 Å². The third-order valence-corrected chi connectivity index (χ3v) is 10.8. The first-order valence-corrected chi connectivity index (χ1v) is 12.6. The third-order valence-electron chi connectivity index (χ3n) is 10.8. The lowest BCUT2D eigenvalue weighted by Crippen LogP contribution is -2.56. The summed E-state index contributed by atoms with van der Waals surface area (Å²) in [4.78, 5) is 13.2. The second-order valence-electron chi connectivity index (χ2n) is 12.2. The van der Waals surface area contributed by atoms with Crippen molar-refractivity contribution in [2.45, 2.75) is 100 Å². The van der Waals surface area contributed by atoms with Gasteiger partial charge in [-0.15, -0.1) is 0 Å². The smallest absolute Gasteiger partial charge is 0.178 e. The molecule has 3 aliphatic carbocycles. The molecule has 9 atom stereocenters. The number of rotatable bonds is 2. The summed E-state index contributed by atoms with van der Waals surface area (Å²) in [5.74, 6) is 0.196. The summed E-state index contributed by atoms with van der Waals surface area (Å²) in [5.41, 5.74) is 1.76. The Hall–Kier alpha value is -1.53. The van der Waals surface area contributed by atoms with Gasteiger partial charge in [0.25, 0.3) is 0 Å². The van der Waals surface area contributed by atoms with E-state index in [1.807, 2.05) is 19.9 Å². The molecule has 1 spiro atoms. The SMILES string of the molecule is C[C@@H](c1ccc2c(c1)CC[C@H]1[C@H]2C[C@@H]2O[C@@]23CC=CC(=O)[C@]13C)[C@@]12C[C@@](C)(O)[C@@](C)(CO1)O2. The fraction of sp³-hybridized carbons (Fsp3) is 0.679. The molecule has 7 rings (SSSR count). The highest BCUT2D eigenvalue weighted by Crippen LogP contribution is 2.69. The standard InChI is InChI=1S/C28H34O5/c1-16(28-14-24(2,30)25(3,33-28)15-31-28)17-7-9-19-18(12-17)8-10-21-20(19)13-23-27(32-23)11-5-6-22(29)26(21,27)4/h5-7,9,12,16,20-21,23,30H,8,10-11,13-15H2,1-4H3/t16-,20-,21-,23-,24+,25+,26-,27-,28-/m0/s1. The van der Waals surface area contributed by atoms with E-state index < -0.39 is 22.4 Å². The monoisotopic (exact) mass is 450 g/mol. The number of hydrogen-bond acceptors (Lipinski definition) is 5. The van der Waals surface area contributed by atoms with Gasteiger partial charge in [-0.25, -0.2) is 0 Å². The van der Waals surface area contributed by atoms with Gasteiger partial charge in [-0.2, -0.15) is 0 Å². The fourth-order valence-electron chi connectivity index (χ4n) is 8.28. The summed E-state index contributed by atoms with van der Waals surface area (Å²) in [7, 11) is 0. The molecule has 176 valence electrons. The zero-order chi connectivity index (χ0) is 23.0. The fourth-order valence-corrected chi connectivity index (χ4v) is 8.28. The minimum Gasteiger partial charge on any atom is -0.387 e. The number of allylic oxidation sites excluding steroid dienone is 1. The van der Waals surface area contributed by atoms with Gasteiger partial charge >= 0.3 is 0 Å². The van der Waals surface area contributed by atoms with E-state index in [0.29, 0.717) is 24.9 Å². The van der Waals surface area contributed by atoms with Gasteiger partial charge in [-0.05, 0) is 81.1 Å². The predicted octanol–water partition coefficient (Wildman–Crippen LogP) is 4.17. The van der Waals surface area contributed by atoms with Gasteiger partial charge < -0.3 is 19.3 Å². The highest BCUT2D eigenvalue weighted by Gasteiger charge is 2.75. The maximum atomic E-state index is 13.2. The van der Waals surface area contributed by atoms with Crippen molar-refractivity contribution in [1.82, 2.24) is 0 Å². The number of ketones is 1. The zero-order valence-electron chi connectivity index (χ0n) is 20.0. The summed E-state index contributed by atoms with van der Waals surface area (Å²) in [6.07, 6.45) is 8.39. The Balaban J connectivity index is 1.22. The minimum absolute atomic E-state index is 0.0182. The molecule has 1 aromatic carbocycles. The minimum atomic E-state index is -0.893. The van der Waals surface area contributed by atoms with Crippen molar-refractivity contribution in [3.8, 4) is 0 Å². The molecule has 6 aliphatic rings. The molecule has 4 fully saturated rings. The largest absolute Gasteiger partial charge is 0.387 e. The number of aryl methyl sites for hydroxylation is 1. The Kier molecular flexibility index (Phi) is 3.78. The molecule has 1 saturated carbocycles. The van der Waals surface area contributed by atoms with E-state index in [0.717, 1.165) is 25.7 Å². The lowest BCUT2D eigenvalue weighted by Gasteiger charge is -2.51. The number of benzene rings is 1. The Morgan fingerprint density at radius 1 is 1.21 bits per heavy atom. The van der Waals surface area contributed by atoms with Gasteiger partial charge in [0.15, 0.2) is 11.6 Å². The van der Waals surface area contributed by atoms with Crippen LogP contribution in [0.5, 0.6) is 0 Å². The summed E-state index contributed by atoms with van der Waals surface area (Å²) in [6.45, 7) is 8.56. The highest BCUT2D eigenvalue weighted by atomic mass is 16.8. The second kappa shape index (κ2) is 5.99. The summed E-state index contributed by atoms with van der Waals surface area (Å²) in [6, 6.07) is 6.84. The first-order valence-electron chi connectivity index (χ1n) is 12.6. The van der Waals surface area contributed by atoms with E-state index in [2.05, 4.69) is 32.0 Å². The van der Waals surface area contributed by atoms with Crippen LogP contribution in [0.1, 0.15) is 81.9 Å². The number of ether oxygens (including phenoxy) is 3. The molecule has 0 aromatic heterocycles. The number of carbonyl (C=O) groups is 1. The van der Waals surface area contributed by atoms with E-state index in [1.54, 1.807) is 6.08 Å². The predicted molar refractivity (Wildman–Crippen MR) is 122 cm³/mol. The van der Waals surface area contributed by atoms with Gasteiger partial charge in [0.05, 0.1) is 23.7 Å². The van der Waals surface area contributed by atoms with Crippen LogP contribution in [0.15, 0.2) is 30.4 Å². The van der Waals surface area contributed by atoms with E-state index in [9.17, 15) is 9.90 Å². The molecule has 3 aliphatic heterocycles. The summed E-state index contributed by atoms with van der Waals surface area (Å²) >= 11 is 0. The average Bonchev–Trinajstić information content (AvgIpc) is 3.30. The van der Waals surface area contributed by atoms with Gasteiger partial charge in [-0.3, -0.25) is 4.79 Å². The van der Waals surface area contributed by atoms with Crippen molar-refractivity contribution in [3.05, 3.63) is 47.0 Å². The molecular formula is C28H34O5. The molecular weight excluding hydrogens is 416 g/mol. The van der Waals surface area contributed by atoms with Crippen LogP contribution in [0.2, 0.25) is 0 Å². The quantitative estimate of drug-likeness (QED) is 0.685. The van der Waals surface area contributed by atoms with Crippen molar-refractivity contribution in [1.29, 1.82) is 0 Å². The van der Waals surface area contributed by atoms with Crippen LogP contribution < -0.4 is 0 Å². The van der Waals surface area contributed by atoms with Gasteiger partial charge in [-0.1, -0.05) is 31.2 Å². The van der Waals surface area contributed by atoms with Crippen LogP contribution in [-0.2, 0) is 25.4 Å². The van der Waals surface area contributed by atoms with Crippen molar-refractivity contribution in [2.75, 3.05) is 6.61 Å². The zero-order valence-corrected chi connectivity index (χ0v) is 20.0. The molecule has 5 nitrogen and oxygen atoms in total. The Labute approximate surface area is 195 Å². The first kappa shape index (κ1) is 20.8. The summed E-state index contributed by atoms with van der Waals surface area (Å²) < 4.78 is 18.9. The third kappa shape index (κ3) is 2.31. The first-order chi connectivity index (χ1) is 15.6. The molecule has 2 bridgehead atoms. The van der Waals surface area contributed by atoms with Crippen LogP contribution >= 0.6 is 0 Å². The van der Waals surface area contributed by atoms with Crippen LogP contribution in [0.3, 0.4) is 0 Å². The van der Waals surface area contributed by atoms with Crippen molar-refractivity contribution < 1.29 is 24.1 Å². The Bertz CT molecular complexity index is 1100. The second-order valence-corrected chi connectivity index (χ2v) is 12.2. The van der Waals surface area contributed by atoms with E-state index in [1.165, 1.54) is 16.7 Å². The number of fused-ring (bicyclic) bond motifs is 6. The lowest BCUT2D eigenvalue weighted by atomic mass is 9.49. The Morgan fingerprint density at radius 2 is 2.03 bits per heavy atom. The molecule has 0 radical (unpaired) electrons. The van der Waals surface area contributed by atoms with E-state index in [-0.39, 0.29) is 23.4 Å². The highest BCUT2D eigenvalue weighted by molar-refractivity contribution is 5.98. The van der Waals surface area contributed by atoms with Crippen LogP contribution in [0.25, 0.3) is 0 Å². The van der Waals surface area contributed by atoms with Gasteiger partial charge in [0, 0.05) is 12.3 Å². The average molecular weight is 451 g/mol. The van der Waals surface area contributed by atoms with Crippen LogP contribution in [0.4, 0.5) is 0 Å². The van der Waals surface area contributed by atoms with E-state index >= 15 is 0 Å². The molecule has 33 heavy (non-hydrogen) atoms. The molecule has 5 heteroatoms. The molecule has 1 aromatic rings. The molecule has 0 unspecified atom stereocenters. The Morgan fingerprint density at radius 3 is 2.76 bits per heavy atom. The maximum absolute atomic E-state index is 13.2. The van der Waals surface area contributed by atoms with E-state index in [4.69, 9.17) is 14.2 Å². The van der Waals surface area contributed by atoms with Crippen molar-refractivity contribution >= 4 is 5.78 Å². The van der Waals surface area contributed by atoms with Gasteiger partial charge in [0.2, 0.25) is 0 Å². The topological polar surface area (TPSA) is 68.3 Å². The number of aliphatic hydroxyl groups is 1. The summed E-state index contributed by atoms with van der Waals surface area (Å²) in [5, 5.41) is 10.9. The molecule has 1 N–H and O–H groups in total. The number of epoxide rings is 1. The molecule has 3 saturated heterocycles. The number of carbonyl (C=O) groups excluding carboxylic acids is 1. The normalized spacial score (nSPS) is 52.0. The maximum Gasteiger partial charge on any atom is 0.178 e.